The highest BCUT2D eigenvalue weighted by molar-refractivity contribution is 14.0. The lowest BCUT2D eigenvalue weighted by molar-refractivity contribution is -0.138. The number of nitrogens with zero attached hydrogens (tertiary/aromatic N) is 2. The van der Waals surface area contributed by atoms with Crippen LogP contribution < -0.4 is 10.6 Å². The van der Waals surface area contributed by atoms with Crippen LogP contribution in [0.2, 0.25) is 0 Å². The quantitative estimate of drug-likeness (QED) is 0.290. The molecule has 2 atom stereocenters. The molecule has 2 rings (SSSR count). The monoisotopic (exact) mass is 568 g/mol. The number of nitrogens with one attached hydrogen (secondary N) is 2. The number of guanidine groups is 1. The van der Waals surface area contributed by atoms with Crippen LogP contribution in [0, 0.1) is 0 Å². The van der Waals surface area contributed by atoms with Crippen LogP contribution in [0.25, 0.3) is 0 Å². The maximum Gasteiger partial charge on any atom is 0.416 e. The van der Waals surface area contributed by atoms with E-state index < -0.39 is 17.7 Å². The number of carbonyl (C=O) groups excluding carboxylic acids is 1. The largest absolute Gasteiger partial charge is 0.416 e. The van der Waals surface area contributed by atoms with Crippen LogP contribution in [0.1, 0.15) is 35.8 Å². The van der Waals surface area contributed by atoms with E-state index >= 15 is 0 Å². The normalized spacial score (nSPS) is 13.7. The molecule has 172 valence electrons. The first kappa shape index (κ1) is 27.2. The number of thiophene rings is 1. The van der Waals surface area contributed by atoms with Crippen molar-refractivity contribution in [1.29, 1.82) is 0 Å². The molecule has 0 aliphatic heterocycles. The van der Waals surface area contributed by atoms with Gasteiger partial charge in [-0.05, 0) is 30.0 Å². The number of hydrogen-bond donors (Lipinski definition) is 2. The molecule has 0 aliphatic carbocycles. The van der Waals surface area contributed by atoms with Crippen LogP contribution in [0.4, 0.5) is 13.2 Å². The number of aliphatic imine (C=N–C) groups is 1. The first-order valence-corrected chi connectivity index (χ1v) is 10.4. The molecule has 2 N–H and O–H groups in total. The van der Waals surface area contributed by atoms with Gasteiger partial charge in [-0.1, -0.05) is 31.2 Å². The van der Waals surface area contributed by atoms with Crippen molar-refractivity contribution in [2.75, 3.05) is 20.6 Å². The summed E-state index contributed by atoms with van der Waals surface area (Å²) in [6.07, 6.45) is -4.42. The lowest BCUT2D eigenvalue weighted by atomic mass is 9.90. The number of likely N-dealkylation sites (N-methyl/N-ethyl adjacent to an activating group) is 1. The van der Waals surface area contributed by atoms with Gasteiger partial charge in [-0.15, -0.1) is 35.3 Å². The van der Waals surface area contributed by atoms with E-state index in [-0.39, 0.29) is 48.0 Å². The summed E-state index contributed by atoms with van der Waals surface area (Å²) < 4.78 is 40.2. The van der Waals surface area contributed by atoms with Crippen molar-refractivity contribution in [3.8, 4) is 0 Å². The van der Waals surface area contributed by atoms with Gasteiger partial charge >= 0.3 is 6.18 Å². The van der Waals surface area contributed by atoms with E-state index in [4.69, 9.17) is 0 Å². The molecule has 1 heterocycles. The van der Waals surface area contributed by atoms with Gasteiger partial charge in [0.15, 0.2) is 5.96 Å². The Morgan fingerprint density at radius 2 is 1.84 bits per heavy atom. The van der Waals surface area contributed by atoms with Gasteiger partial charge in [-0.25, -0.2) is 4.99 Å². The Morgan fingerprint density at radius 1 is 1.16 bits per heavy atom. The zero-order chi connectivity index (χ0) is 22.3. The van der Waals surface area contributed by atoms with Crippen LogP contribution in [-0.4, -0.2) is 43.4 Å². The average molecular weight is 568 g/mol. The summed E-state index contributed by atoms with van der Waals surface area (Å²) in [6, 6.07) is 9.12. The Labute approximate surface area is 202 Å². The van der Waals surface area contributed by atoms with Gasteiger partial charge < -0.3 is 15.5 Å². The molecule has 10 heteroatoms. The zero-order valence-corrected chi connectivity index (χ0v) is 21.0. The Bertz CT molecular complexity index is 857. The highest BCUT2D eigenvalue weighted by atomic mass is 127. The Morgan fingerprint density at radius 3 is 2.42 bits per heavy atom. The molecule has 5 nitrogen and oxygen atoms in total. The number of alkyl halides is 3. The first-order chi connectivity index (χ1) is 14.1. The number of carbonyl (C=O) groups is 1. The number of hydrogen-bond acceptors (Lipinski definition) is 3. The summed E-state index contributed by atoms with van der Waals surface area (Å²) in [4.78, 5) is 18.7. The second kappa shape index (κ2) is 12.3. The van der Waals surface area contributed by atoms with Gasteiger partial charge in [0, 0.05) is 30.9 Å². The van der Waals surface area contributed by atoms with Crippen molar-refractivity contribution in [2.24, 2.45) is 4.99 Å². The van der Waals surface area contributed by atoms with Crippen LogP contribution >= 0.6 is 35.3 Å². The molecule has 1 aromatic carbocycles. The smallest absolute Gasteiger partial charge is 0.353 e. The fraction of sp³-hybridized carbons (Fsp3) is 0.429. The third-order valence-corrected chi connectivity index (χ3v) is 5.63. The minimum absolute atomic E-state index is 0. The maximum absolute atomic E-state index is 13.4. The molecular formula is C21H28F3IN4OS. The molecule has 0 bridgehead atoms. The second-order valence-corrected chi connectivity index (χ2v) is 8.22. The fourth-order valence-corrected chi connectivity index (χ4v) is 3.43. The van der Waals surface area contributed by atoms with Crippen LogP contribution in [0.5, 0.6) is 0 Å². The van der Waals surface area contributed by atoms with E-state index in [1.54, 1.807) is 45.3 Å². The van der Waals surface area contributed by atoms with Gasteiger partial charge in [0.2, 0.25) is 5.91 Å². The van der Waals surface area contributed by atoms with Crippen LogP contribution in [0.15, 0.2) is 46.8 Å². The standard InChI is InChI=1S/C21H27F3N4OS.HI/c1-14(17-9-5-6-10-18(17)21(22,23)24)15(2)27-20(26-13-19(29)28(3)4)25-12-16-8-7-11-30-16;/h5-11,14-15H,12-13H2,1-4H3,(H2,25,26,27);1H. The number of rotatable bonds is 7. The summed E-state index contributed by atoms with van der Waals surface area (Å²) in [5.74, 6) is -0.237. The number of halogens is 4. The molecule has 2 aromatic rings. The molecule has 1 amide bonds. The highest BCUT2D eigenvalue weighted by Crippen LogP contribution is 2.35. The lowest BCUT2D eigenvalue weighted by Crippen LogP contribution is -2.44. The summed E-state index contributed by atoms with van der Waals surface area (Å²) in [7, 11) is 3.28. The number of benzene rings is 1. The van der Waals surface area contributed by atoms with E-state index in [9.17, 15) is 18.0 Å². The van der Waals surface area contributed by atoms with E-state index in [2.05, 4.69) is 15.6 Å². The van der Waals surface area contributed by atoms with Crippen molar-refractivity contribution in [2.45, 2.75) is 38.5 Å². The summed E-state index contributed by atoms with van der Waals surface area (Å²) >= 11 is 1.58. The molecule has 31 heavy (non-hydrogen) atoms. The molecule has 0 saturated carbocycles. The maximum atomic E-state index is 13.4. The Kier molecular flexibility index (Phi) is 10.8. The fourth-order valence-electron chi connectivity index (χ4n) is 2.79. The summed E-state index contributed by atoms with van der Waals surface area (Å²) in [5.41, 5.74) is -0.425. The van der Waals surface area contributed by atoms with Crippen molar-refractivity contribution in [3.05, 3.63) is 57.8 Å². The van der Waals surface area contributed by atoms with Crippen molar-refractivity contribution in [1.82, 2.24) is 15.5 Å². The summed E-state index contributed by atoms with van der Waals surface area (Å²) in [6.45, 7) is 3.98. The van der Waals surface area contributed by atoms with Gasteiger partial charge in [0.25, 0.3) is 0 Å². The second-order valence-electron chi connectivity index (χ2n) is 7.19. The van der Waals surface area contributed by atoms with Crippen molar-refractivity contribution in [3.63, 3.8) is 0 Å². The van der Waals surface area contributed by atoms with Gasteiger partial charge in [-0.3, -0.25) is 4.79 Å². The van der Waals surface area contributed by atoms with E-state index in [1.807, 2.05) is 17.5 Å². The molecule has 0 aliphatic rings. The SMILES string of the molecule is CC(NC(=NCC(=O)N(C)C)NCc1cccs1)C(C)c1ccccc1C(F)(F)F.I. The predicted molar refractivity (Wildman–Crippen MR) is 130 cm³/mol. The average Bonchev–Trinajstić information content (AvgIpc) is 3.21. The first-order valence-electron chi connectivity index (χ1n) is 9.53. The minimum Gasteiger partial charge on any atom is -0.353 e. The third-order valence-electron chi connectivity index (χ3n) is 4.75. The van der Waals surface area contributed by atoms with Crippen molar-refractivity contribution >= 4 is 47.2 Å². The van der Waals surface area contributed by atoms with Crippen molar-refractivity contribution < 1.29 is 18.0 Å². The van der Waals surface area contributed by atoms with E-state index in [0.29, 0.717) is 12.5 Å². The Hall–Kier alpha value is -1.82. The Balaban J connectivity index is 0.00000480. The zero-order valence-electron chi connectivity index (χ0n) is 17.9. The van der Waals surface area contributed by atoms with Gasteiger partial charge in [0.05, 0.1) is 12.1 Å². The topological polar surface area (TPSA) is 56.7 Å². The molecule has 0 saturated heterocycles. The molecule has 2 unspecified atom stereocenters. The van der Waals surface area contributed by atoms with Crippen LogP contribution in [-0.2, 0) is 17.5 Å². The number of amides is 1. The molecular weight excluding hydrogens is 540 g/mol. The van der Waals surface area contributed by atoms with Gasteiger partial charge in [0.1, 0.15) is 6.54 Å². The summed E-state index contributed by atoms with van der Waals surface area (Å²) in [5, 5.41) is 8.26. The molecule has 0 spiro atoms. The lowest BCUT2D eigenvalue weighted by Gasteiger charge is -2.26. The van der Waals surface area contributed by atoms with E-state index in [1.165, 1.54) is 17.0 Å². The predicted octanol–water partition coefficient (Wildman–Crippen LogP) is 4.70. The highest BCUT2D eigenvalue weighted by Gasteiger charge is 2.35. The third kappa shape index (κ3) is 8.32. The molecule has 1 aromatic heterocycles. The minimum atomic E-state index is -4.42. The van der Waals surface area contributed by atoms with Gasteiger partial charge in [-0.2, -0.15) is 13.2 Å². The van der Waals surface area contributed by atoms with Crippen LogP contribution in [0.3, 0.4) is 0 Å². The molecule has 0 radical (unpaired) electrons. The molecule has 0 fully saturated rings. The van der Waals surface area contributed by atoms with E-state index in [0.717, 1.165) is 10.9 Å².